The number of carbonyl (C=O) groups excluding carboxylic acids is 1. The van der Waals surface area contributed by atoms with E-state index in [0.717, 1.165) is 0 Å². The van der Waals surface area contributed by atoms with Crippen LogP contribution in [0.5, 0.6) is 0 Å². The number of aliphatic hydroxyl groups is 1. The number of carbonyl (C=O) groups is 2. The van der Waals surface area contributed by atoms with Crippen LogP contribution in [0.2, 0.25) is 0 Å². The van der Waals surface area contributed by atoms with Crippen molar-refractivity contribution in [3.63, 3.8) is 0 Å². The third-order valence-electron chi connectivity index (χ3n) is 4.76. The predicted molar refractivity (Wildman–Crippen MR) is 80.0 cm³/mol. The number of carboxylic acids is 1. The van der Waals surface area contributed by atoms with Gasteiger partial charge in [-0.05, 0) is 39.5 Å². The molecule has 1 saturated carbocycles. The highest BCUT2D eigenvalue weighted by atomic mass is 16.4. The van der Waals surface area contributed by atoms with E-state index in [4.69, 9.17) is 5.11 Å². The van der Waals surface area contributed by atoms with Crippen LogP contribution in [0.15, 0.2) is 0 Å². The number of hydrogen-bond acceptors (Lipinski definition) is 3. The second kappa shape index (κ2) is 6.64. The summed E-state index contributed by atoms with van der Waals surface area (Å²) in [7, 11) is 0. The predicted octanol–water partition coefficient (Wildman–Crippen LogP) is 1.73. The summed E-state index contributed by atoms with van der Waals surface area (Å²) in [5, 5.41) is 24.6. The lowest BCUT2D eigenvalue weighted by Crippen LogP contribution is -2.51. The highest BCUT2D eigenvalue weighted by molar-refractivity contribution is 5.74. The molecule has 1 rings (SSSR count). The monoisotopic (exact) mass is 300 g/mol. The average molecular weight is 300 g/mol. The first kappa shape index (κ1) is 17.8. The molecule has 4 N–H and O–H groups in total. The first-order valence-electron chi connectivity index (χ1n) is 7.52. The lowest BCUT2D eigenvalue weighted by atomic mass is 9.77. The maximum Gasteiger partial charge on any atom is 0.315 e. The van der Waals surface area contributed by atoms with Gasteiger partial charge in [0.2, 0.25) is 0 Å². The first-order valence-corrected chi connectivity index (χ1v) is 7.52. The highest BCUT2D eigenvalue weighted by Gasteiger charge is 2.35. The molecule has 0 aromatic heterocycles. The molecule has 0 spiro atoms. The van der Waals surface area contributed by atoms with Gasteiger partial charge < -0.3 is 20.8 Å². The van der Waals surface area contributed by atoms with Crippen LogP contribution in [-0.4, -0.2) is 40.4 Å². The lowest BCUT2D eigenvalue weighted by molar-refractivity contribution is -0.142. The Labute approximate surface area is 126 Å². The zero-order valence-corrected chi connectivity index (χ0v) is 13.4. The Balaban J connectivity index is 2.34. The Morgan fingerprint density at radius 2 is 1.62 bits per heavy atom. The Kier molecular flexibility index (Phi) is 5.61. The quantitative estimate of drug-likeness (QED) is 0.621. The van der Waals surface area contributed by atoms with Crippen molar-refractivity contribution in [3.05, 3.63) is 0 Å². The normalized spacial score (nSPS) is 23.5. The van der Waals surface area contributed by atoms with E-state index in [9.17, 15) is 14.7 Å². The van der Waals surface area contributed by atoms with Crippen LogP contribution in [0.3, 0.4) is 0 Å². The molecule has 0 aromatic rings. The fourth-order valence-electron chi connectivity index (χ4n) is 2.24. The van der Waals surface area contributed by atoms with Gasteiger partial charge in [-0.25, -0.2) is 4.79 Å². The number of amides is 2. The lowest BCUT2D eigenvalue weighted by Gasteiger charge is -2.37. The smallest absolute Gasteiger partial charge is 0.315 e. The largest absolute Gasteiger partial charge is 0.481 e. The average Bonchev–Trinajstić information content (AvgIpc) is 2.36. The maximum atomic E-state index is 11.9. The van der Waals surface area contributed by atoms with Crippen molar-refractivity contribution in [1.82, 2.24) is 10.6 Å². The highest BCUT2D eigenvalue weighted by Crippen LogP contribution is 2.29. The number of hydrogen-bond donors (Lipinski definition) is 4. The van der Waals surface area contributed by atoms with Gasteiger partial charge in [0.15, 0.2) is 0 Å². The van der Waals surface area contributed by atoms with E-state index in [2.05, 4.69) is 10.6 Å². The minimum Gasteiger partial charge on any atom is -0.481 e. The molecular formula is C15H28N2O4. The number of nitrogens with one attached hydrogen (secondary N) is 2. The summed E-state index contributed by atoms with van der Waals surface area (Å²) in [5.74, 6) is -1.02. The summed E-state index contributed by atoms with van der Waals surface area (Å²) in [4.78, 5) is 22.7. The molecule has 1 aliphatic rings. The van der Waals surface area contributed by atoms with Crippen LogP contribution in [0.1, 0.15) is 53.4 Å². The van der Waals surface area contributed by atoms with Gasteiger partial charge in [0.1, 0.15) is 0 Å². The minimum atomic E-state index is -0.889. The van der Waals surface area contributed by atoms with E-state index in [1.54, 1.807) is 13.8 Å². The molecule has 0 heterocycles. The Morgan fingerprint density at radius 3 is 2.05 bits per heavy atom. The molecule has 21 heavy (non-hydrogen) atoms. The van der Waals surface area contributed by atoms with Gasteiger partial charge in [-0.3, -0.25) is 4.79 Å². The molecule has 122 valence electrons. The van der Waals surface area contributed by atoms with Gasteiger partial charge >= 0.3 is 12.0 Å². The molecule has 0 atom stereocenters. The van der Waals surface area contributed by atoms with Crippen LogP contribution in [0.4, 0.5) is 4.79 Å². The molecular weight excluding hydrogens is 272 g/mol. The van der Waals surface area contributed by atoms with E-state index in [-0.39, 0.29) is 18.0 Å². The second-order valence-electron chi connectivity index (χ2n) is 7.16. The molecule has 0 aromatic carbocycles. The summed E-state index contributed by atoms with van der Waals surface area (Å²) in [6, 6.07) is -0.225. The molecule has 1 fully saturated rings. The Hall–Kier alpha value is -1.30. The molecule has 1 aliphatic carbocycles. The van der Waals surface area contributed by atoms with Gasteiger partial charge in [0, 0.05) is 18.0 Å². The van der Waals surface area contributed by atoms with Gasteiger partial charge in [-0.1, -0.05) is 13.8 Å². The van der Waals surface area contributed by atoms with Crippen molar-refractivity contribution >= 4 is 12.0 Å². The number of urea groups is 1. The van der Waals surface area contributed by atoms with Crippen molar-refractivity contribution in [2.45, 2.75) is 65.0 Å². The standard InChI is InChI=1S/C15H28N2O4/c1-14(2,15(3,4)21)9-16-13(20)17-11-7-5-10(6-8-11)12(18)19/h10-11,21H,5-9H2,1-4H3,(H,18,19)(H2,16,17,20). The van der Waals surface area contributed by atoms with E-state index in [1.807, 2.05) is 13.8 Å². The summed E-state index contributed by atoms with van der Waals surface area (Å²) < 4.78 is 0. The summed E-state index contributed by atoms with van der Waals surface area (Å²) in [5.41, 5.74) is -1.33. The van der Waals surface area contributed by atoms with Crippen LogP contribution >= 0.6 is 0 Å². The first-order chi connectivity index (χ1) is 9.53. The van der Waals surface area contributed by atoms with Crippen molar-refractivity contribution < 1.29 is 19.8 Å². The fourth-order valence-corrected chi connectivity index (χ4v) is 2.24. The molecule has 6 heteroatoms. The van der Waals surface area contributed by atoms with E-state index in [0.29, 0.717) is 32.2 Å². The zero-order valence-electron chi connectivity index (χ0n) is 13.4. The minimum absolute atomic E-state index is 0.0332. The van der Waals surface area contributed by atoms with E-state index >= 15 is 0 Å². The summed E-state index contributed by atoms with van der Waals surface area (Å²) >= 11 is 0. The van der Waals surface area contributed by atoms with Crippen LogP contribution in [0.25, 0.3) is 0 Å². The summed E-state index contributed by atoms with van der Waals surface area (Å²) in [6.45, 7) is 7.60. The molecule has 6 nitrogen and oxygen atoms in total. The molecule has 2 amide bonds. The third-order valence-corrected chi connectivity index (χ3v) is 4.76. The SMILES string of the molecule is CC(C)(O)C(C)(C)CNC(=O)NC1CCC(C(=O)O)CC1. The Bertz CT molecular complexity index is 380. The van der Waals surface area contributed by atoms with E-state index in [1.165, 1.54) is 0 Å². The van der Waals surface area contributed by atoms with Crippen LogP contribution < -0.4 is 10.6 Å². The third kappa shape index (κ3) is 5.19. The van der Waals surface area contributed by atoms with E-state index < -0.39 is 17.0 Å². The molecule has 0 aliphatic heterocycles. The van der Waals surface area contributed by atoms with Crippen molar-refractivity contribution in [2.24, 2.45) is 11.3 Å². The molecule has 0 bridgehead atoms. The topological polar surface area (TPSA) is 98.7 Å². The van der Waals surface area contributed by atoms with Crippen molar-refractivity contribution in [2.75, 3.05) is 6.54 Å². The van der Waals surface area contributed by atoms with Crippen LogP contribution in [0, 0.1) is 11.3 Å². The number of carboxylic acid groups (broad SMARTS) is 1. The second-order valence-corrected chi connectivity index (χ2v) is 7.16. The molecule has 0 radical (unpaired) electrons. The van der Waals surface area contributed by atoms with Gasteiger partial charge in [-0.2, -0.15) is 0 Å². The summed E-state index contributed by atoms with van der Waals surface area (Å²) in [6.07, 6.45) is 2.60. The van der Waals surface area contributed by atoms with Crippen molar-refractivity contribution in [1.29, 1.82) is 0 Å². The zero-order chi connectivity index (χ0) is 16.3. The van der Waals surface area contributed by atoms with Gasteiger partial charge in [0.05, 0.1) is 11.5 Å². The Morgan fingerprint density at radius 1 is 1.10 bits per heavy atom. The number of rotatable bonds is 5. The number of aliphatic carboxylic acids is 1. The van der Waals surface area contributed by atoms with Gasteiger partial charge in [0.25, 0.3) is 0 Å². The molecule has 0 saturated heterocycles. The maximum absolute atomic E-state index is 11.9. The fraction of sp³-hybridized carbons (Fsp3) is 0.867. The van der Waals surface area contributed by atoms with Gasteiger partial charge in [-0.15, -0.1) is 0 Å². The molecule has 0 unspecified atom stereocenters. The van der Waals surface area contributed by atoms with Crippen LogP contribution in [-0.2, 0) is 4.79 Å². The van der Waals surface area contributed by atoms with Crippen molar-refractivity contribution in [3.8, 4) is 0 Å².